The number of hydrogen-bond acceptors (Lipinski definition) is 13. The Morgan fingerprint density at radius 1 is 0.676 bits per heavy atom. The van der Waals surface area contributed by atoms with Crippen molar-refractivity contribution in [2.24, 2.45) is 23.3 Å². The van der Waals surface area contributed by atoms with Gasteiger partial charge in [0.2, 0.25) is 47.3 Å². The molecule has 1 fully saturated rings. The lowest BCUT2D eigenvalue weighted by Crippen LogP contribution is -2.60. The van der Waals surface area contributed by atoms with E-state index < -0.39 is 158 Å². The molecule has 0 spiro atoms. The monoisotopic (exact) mass is 961 g/mol. The van der Waals surface area contributed by atoms with Crippen LogP contribution in [0.1, 0.15) is 104 Å². The molecule has 1 aliphatic heterocycles. The lowest BCUT2D eigenvalue weighted by molar-refractivity contribution is -0.144. The van der Waals surface area contributed by atoms with E-state index in [1.54, 1.807) is 13.8 Å². The van der Waals surface area contributed by atoms with E-state index in [1.807, 2.05) is 13.8 Å². The zero-order valence-electron chi connectivity index (χ0n) is 38.9. The Hall–Kier alpha value is -6.85. The molecule has 1 aromatic carbocycles. The molecule has 2 rings (SSSR count). The summed E-state index contributed by atoms with van der Waals surface area (Å²) in [7, 11) is 0. The number of nitrogens with two attached hydrogens (primary N) is 2. The molecule has 14 N–H and O–H groups in total. The van der Waals surface area contributed by atoms with Gasteiger partial charge in [0.15, 0.2) is 0 Å². The Kier molecular flexibility index (Phi) is 23.3. The second kappa shape index (κ2) is 27.7. The molecule has 0 aliphatic carbocycles. The zero-order chi connectivity index (χ0) is 51.4. The maximum absolute atomic E-state index is 14.1. The number of carboxylic acid groups (broad SMARTS) is 3. The van der Waals surface area contributed by atoms with Crippen molar-refractivity contribution in [3.8, 4) is 5.75 Å². The first kappa shape index (κ1) is 57.3. The van der Waals surface area contributed by atoms with Gasteiger partial charge in [-0.15, -0.1) is 0 Å². The van der Waals surface area contributed by atoms with E-state index in [0.717, 1.165) is 0 Å². The fraction of sp³-hybridized carbons (Fsp3) is 0.614. The number of likely N-dealkylation sites (tertiary alicyclic amines) is 1. The molecule has 0 saturated carbocycles. The van der Waals surface area contributed by atoms with E-state index in [0.29, 0.717) is 24.8 Å². The molecule has 0 unspecified atom stereocenters. The van der Waals surface area contributed by atoms with Crippen molar-refractivity contribution < 1.29 is 73.2 Å². The van der Waals surface area contributed by atoms with E-state index in [4.69, 9.17) is 11.5 Å². The van der Waals surface area contributed by atoms with Gasteiger partial charge in [-0.05, 0) is 75.0 Å². The molecule has 8 amide bonds. The fourth-order valence-corrected chi connectivity index (χ4v) is 7.23. The van der Waals surface area contributed by atoms with E-state index in [2.05, 4.69) is 31.9 Å². The van der Waals surface area contributed by atoms with Crippen LogP contribution in [-0.4, -0.2) is 145 Å². The average Bonchev–Trinajstić information content (AvgIpc) is 3.76. The van der Waals surface area contributed by atoms with Crippen LogP contribution in [0.4, 0.5) is 0 Å². The summed E-state index contributed by atoms with van der Waals surface area (Å²) in [5, 5.41) is 52.9. The molecule has 378 valence electrons. The number of nitrogens with zero attached hydrogens (tertiary/aromatic N) is 1. The number of phenols is 1. The number of benzene rings is 1. The van der Waals surface area contributed by atoms with Crippen molar-refractivity contribution >= 4 is 65.2 Å². The lowest BCUT2D eigenvalue weighted by Gasteiger charge is -2.32. The molecule has 68 heavy (non-hydrogen) atoms. The van der Waals surface area contributed by atoms with Crippen LogP contribution in [-0.2, 0) is 59.2 Å². The first-order chi connectivity index (χ1) is 31.8. The molecule has 1 saturated heterocycles. The third kappa shape index (κ3) is 19.2. The Balaban J connectivity index is 2.34. The molecule has 1 aliphatic rings. The van der Waals surface area contributed by atoms with E-state index in [1.165, 1.54) is 36.1 Å². The highest BCUT2D eigenvalue weighted by Gasteiger charge is 2.41. The predicted molar refractivity (Wildman–Crippen MR) is 240 cm³/mol. The highest BCUT2D eigenvalue weighted by molar-refractivity contribution is 5.98. The van der Waals surface area contributed by atoms with Crippen LogP contribution in [0.5, 0.6) is 5.75 Å². The van der Waals surface area contributed by atoms with Crippen LogP contribution in [0.2, 0.25) is 0 Å². The van der Waals surface area contributed by atoms with Gasteiger partial charge in [0.05, 0.1) is 6.04 Å². The molecule has 24 nitrogen and oxygen atoms in total. The lowest BCUT2D eigenvalue weighted by atomic mass is 9.96. The topological polar surface area (TPSA) is 396 Å². The number of hydrogen-bond donors (Lipinski definition) is 12. The Morgan fingerprint density at radius 2 is 1.18 bits per heavy atom. The van der Waals surface area contributed by atoms with Gasteiger partial charge in [-0.2, -0.15) is 0 Å². The fourth-order valence-electron chi connectivity index (χ4n) is 7.23. The molecule has 0 aromatic heterocycles. The van der Waals surface area contributed by atoms with Crippen molar-refractivity contribution in [2.45, 2.75) is 154 Å². The number of aliphatic carboxylic acids is 3. The minimum Gasteiger partial charge on any atom is -0.508 e. The molecule has 1 heterocycles. The van der Waals surface area contributed by atoms with Crippen molar-refractivity contribution in [1.82, 2.24) is 36.8 Å². The minimum absolute atomic E-state index is 0.0675. The van der Waals surface area contributed by atoms with Crippen molar-refractivity contribution in [3.05, 3.63) is 29.8 Å². The van der Waals surface area contributed by atoms with Crippen LogP contribution in [0.25, 0.3) is 0 Å². The molecule has 1 aromatic rings. The van der Waals surface area contributed by atoms with Gasteiger partial charge in [-0.25, -0.2) is 4.79 Å². The van der Waals surface area contributed by atoms with Crippen molar-refractivity contribution in [3.63, 3.8) is 0 Å². The summed E-state index contributed by atoms with van der Waals surface area (Å²) in [4.78, 5) is 144. The highest BCUT2D eigenvalue weighted by Crippen LogP contribution is 2.22. The minimum atomic E-state index is -1.71. The average molecular weight is 962 g/mol. The maximum Gasteiger partial charge on any atom is 0.326 e. The first-order valence-corrected chi connectivity index (χ1v) is 22.5. The SMILES string of the molecule is CC[C@H](C)[C@H](NC(=O)[C@H](C)NC(=O)[C@@H](N)CC(C)C)C(=O)N1CCC[C@H]1C(=O)N[C@@H](CCC(=O)O)C(=O)N[C@@H](CCC(N)=O)C(=O)N[C@@H](CCC(=O)O)C(=O)N[C@@H](Cc1ccc(O)cc1)C(=O)O. The van der Waals surface area contributed by atoms with E-state index in [9.17, 15) is 73.2 Å². The number of amides is 8. The third-order valence-electron chi connectivity index (χ3n) is 11.3. The molecule has 24 heteroatoms. The van der Waals surface area contributed by atoms with Crippen molar-refractivity contribution in [2.75, 3.05) is 6.54 Å². The quantitative estimate of drug-likeness (QED) is 0.0428. The molecular formula is C44H67N9O15. The number of rotatable bonds is 29. The van der Waals surface area contributed by atoms with Crippen LogP contribution in [0.3, 0.4) is 0 Å². The van der Waals surface area contributed by atoms with Gasteiger partial charge in [-0.1, -0.05) is 46.2 Å². The second-order valence-electron chi connectivity index (χ2n) is 17.4. The molecule has 9 atom stereocenters. The normalized spacial score (nSPS) is 16.9. The standard InChI is InChI=1S/C44H67N9O15/c1-6-23(4)36(52-37(60)24(5)47-38(61)27(45)20-22(2)3)43(66)53-19-7-8-32(53)42(65)50-30(15-18-35(58)59)40(63)48-28(13-16-33(46)55)39(62)49-29(14-17-34(56)57)41(64)51-31(44(67)68)21-25-9-11-26(54)12-10-25/h9-12,22-24,27-32,36,54H,6-8,13-21,45H2,1-5H3,(H2,46,55)(H,47,61)(H,48,63)(H,49,62)(H,50,65)(H,51,64)(H,52,60)(H,56,57)(H,58,59)(H,67,68)/t23-,24-,27-,28-,29-,30-,31-,32-,36-/m0/s1. The van der Waals surface area contributed by atoms with Crippen LogP contribution in [0, 0.1) is 11.8 Å². The van der Waals surface area contributed by atoms with E-state index in [-0.39, 0.29) is 31.1 Å². The summed E-state index contributed by atoms with van der Waals surface area (Å²) in [5.74, 6) is -11.7. The maximum atomic E-state index is 14.1. The number of carbonyl (C=O) groups is 11. The number of phenolic OH excluding ortho intramolecular Hbond substituents is 1. The molecule has 0 bridgehead atoms. The smallest absolute Gasteiger partial charge is 0.326 e. The number of carboxylic acids is 3. The molecule has 0 radical (unpaired) electrons. The van der Waals surface area contributed by atoms with Gasteiger partial charge in [0.1, 0.15) is 48.0 Å². The number of primary amides is 1. The number of carbonyl (C=O) groups excluding carboxylic acids is 8. The number of aromatic hydroxyl groups is 1. The Bertz CT molecular complexity index is 1980. The summed E-state index contributed by atoms with van der Waals surface area (Å²) in [6, 6.07) is -5.59. The summed E-state index contributed by atoms with van der Waals surface area (Å²) in [5.41, 5.74) is 11.7. The van der Waals surface area contributed by atoms with Crippen LogP contribution in [0.15, 0.2) is 24.3 Å². The van der Waals surface area contributed by atoms with Crippen LogP contribution >= 0.6 is 0 Å². The predicted octanol–water partition coefficient (Wildman–Crippen LogP) is -1.65. The number of nitrogens with one attached hydrogen (secondary N) is 6. The zero-order valence-corrected chi connectivity index (χ0v) is 38.9. The van der Waals surface area contributed by atoms with Crippen LogP contribution < -0.4 is 43.4 Å². The third-order valence-corrected chi connectivity index (χ3v) is 11.3. The van der Waals surface area contributed by atoms with Crippen molar-refractivity contribution in [1.29, 1.82) is 0 Å². The Morgan fingerprint density at radius 3 is 1.65 bits per heavy atom. The summed E-state index contributed by atoms with van der Waals surface area (Å²) in [6.07, 6.45) is -2.54. The highest BCUT2D eigenvalue weighted by atomic mass is 16.4. The van der Waals surface area contributed by atoms with Gasteiger partial charge >= 0.3 is 17.9 Å². The second-order valence-corrected chi connectivity index (χ2v) is 17.4. The summed E-state index contributed by atoms with van der Waals surface area (Å²) >= 11 is 0. The summed E-state index contributed by atoms with van der Waals surface area (Å²) in [6.45, 7) is 8.76. The largest absolute Gasteiger partial charge is 0.508 e. The van der Waals surface area contributed by atoms with E-state index >= 15 is 0 Å². The first-order valence-electron chi connectivity index (χ1n) is 22.5. The van der Waals surface area contributed by atoms with Gasteiger partial charge in [-0.3, -0.25) is 47.9 Å². The molecular weight excluding hydrogens is 895 g/mol. The van der Waals surface area contributed by atoms with Gasteiger partial charge < -0.3 is 68.7 Å². The summed E-state index contributed by atoms with van der Waals surface area (Å²) < 4.78 is 0. The van der Waals surface area contributed by atoms with Gasteiger partial charge in [0.25, 0.3) is 0 Å². The Labute approximate surface area is 393 Å². The van der Waals surface area contributed by atoms with Gasteiger partial charge in [0, 0.05) is 32.2 Å².